The van der Waals surface area contributed by atoms with Crippen LogP contribution in [-0.4, -0.2) is 6.61 Å². The minimum atomic E-state index is 0.368. The van der Waals surface area contributed by atoms with Gasteiger partial charge in [-0.15, -0.1) is 0 Å². The Hall–Kier alpha value is -2.51. The largest absolute Gasteiger partial charge is 0.490 e. The van der Waals surface area contributed by atoms with Crippen molar-refractivity contribution in [1.82, 2.24) is 0 Å². The molecule has 0 spiro atoms. The maximum absolute atomic E-state index is 8.92. The van der Waals surface area contributed by atoms with Crippen molar-refractivity contribution in [3.8, 4) is 17.6 Å². The van der Waals surface area contributed by atoms with Crippen molar-refractivity contribution in [2.24, 2.45) is 5.73 Å². The first kappa shape index (κ1) is 14.9. The molecule has 4 heteroatoms. The second-order valence-electron chi connectivity index (χ2n) is 4.48. The van der Waals surface area contributed by atoms with Crippen molar-refractivity contribution in [3.05, 3.63) is 59.2 Å². The third-order valence-corrected chi connectivity index (χ3v) is 3.02. The highest BCUT2D eigenvalue weighted by molar-refractivity contribution is 5.46. The standard InChI is InChI=1S/C17H18N2O2/c1-2-20-16-8-4-7-15(11-19)17(16)21-12-14-6-3-5-13(9-14)10-18/h3-9H,2,11-12,19H2,1H3. The molecule has 0 fully saturated rings. The number of rotatable bonds is 6. The zero-order valence-electron chi connectivity index (χ0n) is 12.0. The summed E-state index contributed by atoms with van der Waals surface area (Å²) in [5.74, 6) is 1.36. The predicted octanol–water partition coefficient (Wildman–Crippen LogP) is 2.99. The number of nitrogens with two attached hydrogens (primary N) is 1. The number of ether oxygens (including phenoxy) is 2. The van der Waals surface area contributed by atoms with E-state index < -0.39 is 0 Å². The van der Waals surface area contributed by atoms with Gasteiger partial charge in [-0.25, -0.2) is 0 Å². The SMILES string of the molecule is CCOc1cccc(CN)c1OCc1cccc(C#N)c1. The quantitative estimate of drug-likeness (QED) is 0.884. The third-order valence-electron chi connectivity index (χ3n) is 3.02. The van der Waals surface area contributed by atoms with Crippen molar-refractivity contribution in [2.75, 3.05) is 6.61 Å². The van der Waals surface area contributed by atoms with Crippen LogP contribution in [0.4, 0.5) is 0 Å². The Morgan fingerprint density at radius 3 is 2.67 bits per heavy atom. The van der Waals surface area contributed by atoms with E-state index >= 15 is 0 Å². The number of hydrogen-bond donors (Lipinski definition) is 1. The van der Waals surface area contributed by atoms with Gasteiger partial charge in [0.25, 0.3) is 0 Å². The fraction of sp³-hybridized carbons (Fsp3) is 0.235. The third kappa shape index (κ3) is 3.74. The molecule has 0 bridgehead atoms. The molecule has 2 aromatic carbocycles. The summed E-state index contributed by atoms with van der Waals surface area (Å²) < 4.78 is 11.5. The van der Waals surface area contributed by atoms with Crippen molar-refractivity contribution in [2.45, 2.75) is 20.1 Å². The van der Waals surface area contributed by atoms with Gasteiger partial charge in [-0.2, -0.15) is 5.26 Å². The average Bonchev–Trinajstić information content (AvgIpc) is 2.54. The summed E-state index contributed by atoms with van der Waals surface area (Å²) >= 11 is 0. The average molecular weight is 282 g/mol. The first-order valence-electron chi connectivity index (χ1n) is 6.85. The van der Waals surface area contributed by atoms with E-state index in [1.807, 2.05) is 43.3 Å². The summed E-state index contributed by atoms with van der Waals surface area (Å²) in [6.45, 7) is 3.24. The van der Waals surface area contributed by atoms with Crippen molar-refractivity contribution >= 4 is 0 Å². The fourth-order valence-electron chi connectivity index (χ4n) is 2.04. The molecule has 0 aromatic heterocycles. The fourth-order valence-corrected chi connectivity index (χ4v) is 2.04. The van der Waals surface area contributed by atoms with Crippen molar-refractivity contribution in [1.29, 1.82) is 5.26 Å². The van der Waals surface area contributed by atoms with Crippen LogP contribution in [0.25, 0.3) is 0 Å². The van der Waals surface area contributed by atoms with E-state index in [1.165, 1.54) is 0 Å². The molecule has 0 aliphatic carbocycles. The van der Waals surface area contributed by atoms with E-state index in [9.17, 15) is 0 Å². The lowest BCUT2D eigenvalue weighted by Gasteiger charge is -2.15. The molecule has 21 heavy (non-hydrogen) atoms. The molecule has 2 N–H and O–H groups in total. The number of benzene rings is 2. The lowest BCUT2D eigenvalue weighted by atomic mass is 10.1. The minimum absolute atomic E-state index is 0.368. The summed E-state index contributed by atoms with van der Waals surface area (Å²) in [6, 6.07) is 15.1. The summed E-state index contributed by atoms with van der Waals surface area (Å²) in [4.78, 5) is 0. The van der Waals surface area contributed by atoms with E-state index in [0.29, 0.717) is 36.8 Å². The Kier molecular flexibility index (Phi) is 5.19. The molecule has 2 rings (SSSR count). The second-order valence-corrected chi connectivity index (χ2v) is 4.48. The first-order chi connectivity index (χ1) is 10.3. The topological polar surface area (TPSA) is 68.3 Å². The molecule has 0 amide bonds. The van der Waals surface area contributed by atoms with Gasteiger partial charge >= 0.3 is 0 Å². The lowest BCUT2D eigenvalue weighted by molar-refractivity contribution is 0.266. The molecular weight excluding hydrogens is 264 g/mol. The van der Waals surface area contributed by atoms with Gasteiger partial charge in [-0.05, 0) is 30.7 Å². The molecule has 0 saturated carbocycles. The molecule has 0 radical (unpaired) electrons. The van der Waals surface area contributed by atoms with E-state index in [-0.39, 0.29) is 0 Å². The maximum atomic E-state index is 8.92. The van der Waals surface area contributed by atoms with E-state index in [4.69, 9.17) is 20.5 Å². The monoisotopic (exact) mass is 282 g/mol. The Morgan fingerprint density at radius 2 is 1.95 bits per heavy atom. The smallest absolute Gasteiger partial charge is 0.166 e. The first-order valence-corrected chi connectivity index (χ1v) is 6.85. The molecule has 0 saturated heterocycles. The molecule has 0 atom stereocenters. The summed E-state index contributed by atoms with van der Waals surface area (Å²) in [7, 11) is 0. The van der Waals surface area contributed by atoms with E-state index in [2.05, 4.69) is 6.07 Å². The van der Waals surface area contributed by atoms with Crippen LogP contribution >= 0.6 is 0 Å². The van der Waals surface area contributed by atoms with Crippen LogP contribution in [0.5, 0.6) is 11.5 Å². The van der Waals surface area contributed by atoms with Crippen LogP contribution in [0.3, 0.4) is 0 Å². The number of nitrogens with zero attached hydrogens (tertiary/aromatic N) is 1. The summed E-state index contributed by atoms with van der Waals surface area (Å²) in [6.07, 6.45) is 0. The van der Waals surface area contributed by atoms with Crippen LogP contribution in [0.15, 0.2) is 42.5 Å². The Balaban J connectivity index is 2.20. The predicted molar refractivity (Wildman–Crippen MR) is 81.0 cm³/mol. The summed E-state index contributed by atoms with van der Waals surface area (Å²) in [5.41, 5.74) is 8.20. The highest BCUT2D eigenvalue weighted by Crippen LogP contribution is 2.31. The number of hydrogen-bond acceptors (Lipinski definition) is 4. The van der Waals surface area contributed by atoms with Gasteiger partial charge in [0.2, 0.25) is 0 Å². The molecule has 0 aliphatic rings. The van der Waals surface area contributed by atoms with Gasteiger partial charge in [0.05, 0.1) is 18.2 Å². The zero-order chi connectivity index (χ0) is 15.1. The van der Waals surface area contributed by atoms with Gasteiger partial charge in [0.15, 0.2) is 11.5 Å². The van der Waals surface area contributed by atoms with Gasteiger partial charge in [-0.3, -0.25) is 0 Å². The highest BCUT2D eigenvalue weighted by Gasteiger charge is 2.10. The normalized spacial score (nSPS) is 9.95. The molecule has 4 nitrogen and oxygen atoms in total. The Labute approximate surface area is 124 Å². The van der Waals surface area contributed by atoms with Gasteiger partial charge in [0.1, 0.15) is 6.61 Å². The molecule has 0 heterocycles. The van der Waals surface area contributed by atoms with Crippen LogP contribution in [0.2, 0.25) is 0 Å². The molecule has 0 unspecified atom stereocenters. The zero-order valence-corrected chi connectivity index (χ0v) is 12.0. The number of para-hydroxylation sites is 1. The van der Waals surface area contributed by atoms with Crippen LogP contribution in [0.1, 0.15) is 23.6 Å². The van der Waals surface area contributed by atoms with Gasteiger partial charge < -0.3 is 15.2 Å². The molecular formula is C17H18N2O2. The highest BCUT2D eigenvalue weighted by atomic mass is 16.5. The van der Waals surface area contributed by atoms with E-state index in [1.54, 1.807) is 6.07 Å². The lowest BCUT2D eigenvalue weighted by Crippen LogP contribution is -2.05. The molecule has 0 aliphatic heterocycles. The minimum Gasteiger partial charge on any atom is -0.490 e. The Morgan fingerprint density at radius 1 is 1.14 bits per heavy atom. The molecule has 2 aromatic rings. The van der Waals surface area contributed by atoms with Gasteiger partial charge in [-0.1, -0.05) is 24.3 Å². The maximum Gasteiger partial charge on any atom is 0.166 e. The van der Waals surface area contributed by atoms with Crippen molar-refractivity contribution in [3.63, 3.8) is 0 Å². The molecule has 108 valence electrons. The summed E-state index contributed by atoms with van der Waals surface area (Å²) in [5, 5.41) is 8.92. The van der Waals surface area contributed by atoms with Gasteiger partial charge in [0, 0.05) is 12.1 Å². The van der Waals surface area contributed by atoms with E-state index in [0.717, 1.165) is 11.1 Å². The van der Waals surface area contributed by atoms with Crippen LogP contribution in [0, 0.1) is 11.3 Å². The van der Waals surface area contributed by atoms with Crippen LogP contribution < -0.4 is 15.2 Å². The van der Waals surface area contributed by atoms with Crippen LogP contribution in [-0.2, 0) is 13.2 Å². The van der Waals surface area contributed by atoms with Crippen molar-refractivity contribution < 1.29 is 9.47 Å². The number of nitriles is 1. The Bertz CT molecular complexity index is 647. The second kappa shape index (κ2) is 7.32.